The minimum atomic E-state index is -4.73. The summed E-state index contributed by atoms with van der Waals surface area (Å²) in [6, 6.07) is 1.18. The van der Waals surface area contributed by atoms with Crippen molar-refractivity contribution in [3.05, 3.63) is 0 Å². The smallest absolute Gasteiger partial charge is 0.323 e. The number of rotatable bonds is 10. The average molecular weight is 567 g/mol. The third-order valence-electron chi connectivity index (χ3n) is 2.48. The first kappa shape index (κ1) is 42.5. The molecule has 0 atom stereocenters. The Balaban J connectivity index is -0.000000106. The van der Waals surface area contributed by atoms with E-state index < -0.39 is 54.1 Å². The summed E-state index contributed by atoms with van der Waals surface area (Å²) < 4.78 is 164. The molecule has 0 bridgehead atoms. The van der Waals surface area contributed by atoms with Gasteiger partial charge in [-0.2, -0.15) is 40.1 Å². The number of halogens is 14. The Bertz CT molecular complexity index is 334. The zero-order valence-corrected chi connectivity index (χ0v) is 21.0. The summed E-state index contributed by atoms with van der Waals surface area (Å²) in [5.74, 6) is -9.47. The minimum absolute atomic E-state index is 0.110. The summed E-state index contributed by atoms with van der Waals surface area (Å²) >= 11 is 0. The number of alkyl halides is 12. The molecule has 0 unspecified atom stereocenters. The molecule has 0 aliphatic rings. The standard InChI is InChI=1S/2C4H5F5O.C4H11FSi.CH2F2O.CH5FSi/c2*1-10-4(8,9)3(6,7)2-5;1-6-4-2-3-5;2-1-4-3;1-3-2/h2*2H2,1H3;2-4,6H2,1H3;1H2;3H2,1H3. The summed E-state index contributed by atoms with van der Waals surface area (Å²) in [5.41, 5.74) is 0. The molecule has 0 saturated carbocycles. The Labute approximate surface area is 186 Å². The van der Waals surface area contributed by atoms with Crippen LogP contribution in [0.5, 0.6) is 0 Å². The molecule has 0 aromatic carbocycles. The van der Waals surface area contributed by atoms with Crippen LogP contribution < -0.4 is 0 Å². The molecule has 0 rings (SSSR count). The summed E-state index contributed by atoms with van der Waals surface area (Å²) in [5, 5.41) is 0. The van der Waals surface area contributed by atoms with Crippen LogP contribution in [-0.4, -0.2) is 84.5 Å². The average Bonchev–Trinajstić information content (AvgIpc) is 2.78. The van der Waals surface area contributed by atoms with Crippen molar-refractivity contribution in [2.45, 2.75) is 49.6 Å². The molecular weight excluding hydrogens is 538 g/mol. The van der Waals surface area contributed by atoms with E-state index in [1.165, 1.54) is 6.04 Å². The molecule has 0 aliphatic carbocycles. The van der Waals surface area contributed by atoms with Crippen LogP contribution in [0.4, 0.5) is 61.3 Å². The molecule has 208 valence electrons. The van der Waals surface area contributed by atoms with Crippen LogP contribution in [0, 0.1) is 0 Å². The van der Waals surface area contributed by atoms with E-state index >= 15 is 0 Å². The molecule has 0 aromatic heterocycles. The Kier molecular flexibility index (Phi) is 31.5. The molecule has 0 heterocycles. The quantitative estimate of drug-likeness (QED) is 0.150. The van der Waals surface area contributed by atoms with E-state index in [2.05, 4.69) is 21.0 Å². The van der Waals surface area contributed by atoms with Crippen molar-refractivity contribution in [2.24, 2.45) is 0 Å². The fraction of sp³-hybridized carbons (Fsp3) is 1.00. The van der Waals surface area contributed by atoms with E-state index in [1.807, 2.05) is 0 Å². The Morgan fingerprint density at radius 1 is 0.697 bits per heavy atom. The molecular formula is C14H28F14O3Si2. The van der Waals surface area contributed by atoms with Gasteiger partial charge in [0.05, 0.1) is 6.67 Å². The first-order chi connectivity index (χ1) is 15.0. The van der Waals surface area contributed by atoms with Crippen LogP contribution in [0.1, 0.15) is 6.42 Å². The zero-order chi connectivity index (χ0) is 27.8. The van der Waals surface area contributed by atoms with Gasteiger partial charge >= 0.3 is 24.1 Å². The van der Waals surface area contributed by atoms with Crippen molar-refractivity contribution in [1.29, 1.82) is 0 Å². The van der Waals surface area contributed by atoms with Gasteiger partial charge in [-0.1, -0.05) is 12.6 Å². The lowest BCUT2D eigenvalue weighted by atomic mass is 10.3. The molecule has 0 aliphatic heterocycles. The first-order valence-corrected chi connectivity index (χ1v) is 13.0. The minimum Gasteiger partial charge on any atom is -0.323 e. The van der Waals surface area contributed by atoms with Crippen molar-refractivity contribution in [1.82, 2.24) is 0 Å². The van der Waals surface area contributed by atoms with E-state index in [9.17, 15) is 61.3 Å². The fourth-order valence-corrected chi connectivity index (χ4v) is 1.49. The lowest BCUT2D eigenvalue weighted by Crippen LogP contribution is -2.43. The predicted octanol–water partition coefficient (Wildman–Crippen LogP) is 5.54. The summed E-state index contributed by atoms with van der Waals surface area (Å²) in [7, 11) is -0.163. The molecule has 3 nitrogen and oxygen atoms in total. The molecule has 0 amide bonds. The van der Waals surface area contributed by atoms with E-state index in [1.54, 1.807) is 6.55 Å². The molecule has 33 heavy (non-hydrogen) atoms. The fourth-order valence-electron chi connectivity index (χ4n) is 0.799. The van der Waals surface area contributed by atoms with Crippen LogP contribution in [0.25, 0.3) is 0 Å². The maximum atomic E-state index is 11.7. The topological polar surface area (TPSA) is 27.7 Å². The maximum absolute atomic E-state index is 11.7. The highest BCUT2D eigenvalue weighted by atomic mass is 28.3. The highest BCUT2D eigenvalue weighted by Gasteiger charge is 2.58. The van der Waals surface area contributed by atoms with Gasteiger partial charge in [0.15, 0.2) is 13.3 Å². The van der Waals surface area contributed by atoms with Gasteiger partial charge in [-0.3, -0.25) is 4.39 Å². The Morgan fingerprint density at radius 2 is 0.970 bits per heavy atom. The van der Waals surface area contributed by atoms with Gasteiger partial charge in [0.25, 0.3) is 0 Å². The lowest BCUT2D eigenvalue weighted by Gasteiger charge is -2.21. The van der Waals surface area contributed by atoms with Crippen molar-refractivity contribution in [2.75, 3.05) is 41.1 Å². The monoisotopic (exact) mass is 566 g/mol. The number of hydrogen-bond acceptors (Lipinski definition) is 3. The molecule has 0 spiro atoms. The van der Waals surface area contributed by atoms with Gasteiger partial charge < -0.3 is 13.6 Å². The third kappa shape index (κ3) is 24.3. The molecule has 0 aromatic rings. The van der Waals surface area contributed by atoms with Gasteiger partial charge in [-0.15, -0.1) is 0 Å². The highest BCUT2D eigenvalue weighted by Crippen LogP contribution is 2.35. The van der Waals surface area contributed by atoms with Gasteiger partial charge in [-0.05, 0) is 17.5 Å². The first-order valence-electron chi connectivity index (χ1n) is 8.64. The van der Waals surface area contributed by atoms with Crippen molar-refractivity contribution < 1.29 is 75.7 Å². The summed E-state index contributed by atoms with van der Waals surface area (Å²) in [6.45, 7) is -2.53. The van der Waals surface area contributed by atoms with E-state index in [0.29, 0.717) is 14.2 Å². The Morgan fingerprint density at radius 3 is 1.03 bits per heavy atom. The number of methoxy groups -OCH3 is 2. The molecule has 0 radical (unpaired) electrons. The van der Waals surface area contributed by atoms with E-state index in [4.69, 9.17) is 0 Å². The zero-order valence-electron chi connectivity index (χ0n) is 18.2. The molecule has 0 N–H and O–H groups in total. The van der Waals surface area contributed by atoms with Gasteiger partial charge in [0, 0.05) is 23.7 Å². The highest BCUT2D eigenvalue weighted by molar-refractivity contribution is 6.33. The van der Waals surface area contributed by atoms with E-state index in [-0.39, 0.29) is 16.2 Å². The maximum Gasteiger partial charge on any atom is 0.421 e. The molecule has 0 fully saturated rings. The predicted molar refractivity (Wildman–Crippen MR) is 99.2 cm³/mol. The summed E-state index contributed by atoms with van der Waals surface area (Å²) in [4.78, 5) is 2.38. The van der Waals surface area contributed by atoms with Crippen molar-refractivity contribution in [3.8, 4) is 0 Å². The lowest BCUT2D eigenvalue weighted by molar-refractivity contribution is -0.340. The SMILES string of the molecule is COC(F)(F)C(F)(F)CF.COC(F)(F)C(F)(F)CF.C[SiH2]CCCF.C[SiH2]F.FCOF. The van der Waals surface area contributed by atoms with E-state index in [0.717, 1.165) is 6.42 Å². The normalized spacial score (nSPS) is 12.2. The number of ether oxygens (including phenoxy) is 2. The second-order valence-corrected chi connectivity index (χ2v) is 7.24. The second kappa shape index (κ2) is 24.5. The summed E-state index contributed by atoms with van der Waals surface area (Å²) in [6.07, 6.45) is -8.63. The Hall–Kier alpha value is -0.666. The van der Waals surface area contributed by atoms with Crippen LogP contribution in [0.2, 0.25) is 19.1 Å². The molecule has 19 heteroatoms. The molecule has 0 saturated heterocycles. The second-order valence-electron chi connectivity index (χ2n) is 5.00. The van der Waals surface area contributed by atoms with Crippen molar-refractivity contribution in [3.63, 3.8) is 0 Å². The van der Waals surface area contributed by atoms with Crippen LogP contribution in [-0.2, 0) is 14.4 Å². The van der Waals surface area contributed by atoms with Gasteiger partial charge in [0.1, 0.15) is 0 Å². The van der Waals surface area contributed by atoms with Crippen LogP contribution in [0.3, 0.4) is 0 Å². The third-order valence-corrected chi connectivity index (χ3v) is 3.69. The number of hydrogen-bond donors (Lipinski definition) is 0. The largest absolute Gasteiger partial charge is 0.421 e. The van der Waals surface area contributed by atoms with Gasteiger partial charge in [-0.25, -0.2) is 13.2 Å². The van der Waals surface area contributed by atoms with Crippen molar-refractivity contribution >= 4 is 19.4 Å². The van der Waals surface area contributed by atoms with Crippen LogP contribution >= 0.6 is 0 Å². The van der Waals surface area contributed by atoms with Crippen LogP contribution in [0.15, 0.2) is 0 Å². The van der Waals surface area contributed by atoms with Gasteiger partial charge in [0.2, 0.25) is 16.7 Å².